The van der Waals surface area contributed by atoms with Gasteiger partial charge >= 0.3 is 103 Å². The Morgan fingerprint density at radius 1 is 1.21 bits per heavy atom. The van der Waals surface area contributed by atoms with Crippen molar-refractivity contribution in [3.63, 3.8) is 0 Å². The van der Waals surface area contributed by atoms with Gasteiger partial charge in [0.05, 0.1) is 23.7 Å². The van der Waals surface area contributed by atoms with Crippen LogP contribution in [0.2, 0.25) is 5.02 Å². The van der Waals surface area contributed by atoms with E-state index in [0.717, 1.165) is 18.2 Å². The van der Waals surface area contributed by atoms with E-state index in [4.69, 9.17) is 16.3 Å². The van der Waals surface area contributed by atoms with Crippen LogP contribution >= 0.6 is 11.6 Å². The van der Waals surface area contributed by atoms with E-state index >= 15 is 0 Å². The molecule has 0 saturated heterocycles. The first-order chi connectivity index (χ1) is 12.7. The number of carbonyl (C=O) groups is 1. The third-order valence-corrected chi connectivity index (χ3v) is 4.52. The molecule has 0 amide bonds. The van der Waals surface area contributed by atoms with Gasteiger partial charge in [0.1, 0.15) is 21.6 Å². The Labute approximate surface area is 258 Å². The first kappa shape index (κ1) is 29.6. The number of hydrogen-bond donors (Lipinski definition) is 0. The predicted octanol–water partition coefficient (Wildman–Crippen LogP) is -3.85. The Morgan fingerprint density at radius 3 is 2.38 bits per heavy atom. The summed E-state index contributed by atoms with van der Waals surface area (Å²) in [6, 6.07) is 7.56. The number of hydrogen-bond acceptors (Lipinski definition) is 8. The Bertz CT molecular complexity index is 1000. The number of aromatic carboxylic acids is 1. The Hall–Kier alpha value is 0.583. The minimum atomic E-state index is -4.82. The molecule has 13 heteroatoms. The third kappa shape index (κ3) is 8.22. The van der Waals surface area contributed by atoms with Crippen LogP contribution in [0.5, 0.6) is 5.75 Å². The molecule has 0 radical (unpaired) electrons. The summed E-state index contributed by atoms with van der Waals surface area (Å²) in [5, 5.41) is 21.0. The van der Waals surface area contributed by atoms with Crippen molar-refractivity contribution in [2.75, 3.05) is 18.7 Å². The average Bonchev–Trinajstić information content (AvgIpc) is 2.61. The van der Waals surface area contributed by atoms with Crippen LogP contribution in [0.3, 0.4) is 0 Å². The van der Waals surface area contributed by atoms with E-state index in [0.29, 0.717) is 16.5 Å². The first-order valence-electron chi connectivity index (χ1n) is 7.51. The first-order valence-corrected chi connectivity index (χ1v) is 9.30. The van der Waals surface area contributed by atoms with Gasteiger partial charge in [0.15, 0.2) is 0 Å². The molecular weight excluding hydrogens is 476 g/mol. The number of rotatable bonds is 7. The molecule has 0 aromatic heterocycles. The summed E-state index contributed by atoms with van der Waals surface area (Å²) in [4.78, 5) is 10.7. The van der Waals surface area contributed by atoms with Crippen LogP contribution in [0.15, 0.2) is 51.6 Å². The molecular formula is C16H14ClK2N3O6S. The third-order valence-electron chi connectivity index (χ3n) is 3.46. The van der Waals surface area contributed by atoms with Gasteiger partial charge < -0.3 is 19.2 Å². The molecule has 9 nitrogen and oxygen atoms in total. The summed E-state index contributed by atoms with van der Waals surface area (Å²) in [5.41, 5.74) is -0.197. The van der Waals surface area contributed by atoms with E-state index in [1.165, 1.54) is 18.2 Å². The number of halogens is 1. The molecule has 0 aliphatic rings. The van der Waals surface area contributed by atoms with Crippen molar-refractivity contribution >= 4 is 39.1 Å². The van der Waals surface area contributed by atoms with Crippen LogP contribution in [0.25, 0.3) is 0 Å². The fraction of sp³-hybridized carbons (Fsp3) is 0.188. The molecule has 0 atom stereocenters. The maximum atomic E-state index is 11.4. The van der Waals surface area contributed by atoms with E-state index in [1.54, 1.807) is 19.1 Å². The van der Waals surface area contributed by atoms with Gasteiger partial charge in [-0.3, -0.25) is 0 Å². The number of benzene rings is 2. The second-order valence-corrected chi connectivity index (χ2v) is 6.96. The molecule has 0 heterocycles. The number of carbonyl (C=O) groups excluding carboxylic acids is 1. The van der Waals surface area contributed by atoms with E-state index in [2.05, 4.69) is 10.3 Å². The quantitative estimate of drug-likeness (QED) is 0.168. The number of anilines is 1. The molecule has 0 bridgehead atoms. The molecule has 0 aliphatic heterocycles. The molecule has 2 aromatic rings. The zero-order valence-corrected chi connectivity index (χ0v) is 24.1. The molecule has 2 rings (SSSR count). The largest absolute Gasteiger partial charge is 1.00 e. The predicted molar refractivity (Wildman–Crippen MR) is 94.3 cm³/mol. The molecule has 0 aliphatic carbocycles. The fourth-order valence-electron chi connectivity index (χ4n) is 2.18. The Morgan fingerprint density at radius 2 is 1.86 bits per heavy atom. The summed E-state index contributed by atoms with van der Waals surface area (Å²) in [6.45, 7) is 1.86. The van der Waals surface area contributed by atoms with Crippen molar-refractivity contribution in [1.82, 2.24) is 0 Å². The van der Waals surface area contributed by atoms with Crippen LogP contribution in [-0.4, -0.2) is 32.6 Å². The monoisotopic (exact) mass is 489 g/mol. The van der Waals surface area contributed by atoms with Crippen molar-refractivity contribution in [3.8, 4) is 5.75 Å². The van der Waals surface area contributed by atoms with Crippen molar-refractivity contribution < 1.29 is 130 Å². The second kappa shape index (κ2) is 13.2. The van der Waals surface area contributed by atoms with Gasteiger partial charge in [-0.2, -0.15) is 0 Å². The maximum absolute atomic E-state index is 11.4. The second-order valence-electron chi connectivity index (χ2n) is 5.14. The SMILES string of the molecule is CCN(N=Nc1cc(Cl)ccc1OC)c1ccc(S(=O)(=O)[O-])cc1C(=O)[O-].[K+].[K+]. The summed E-state index contributed by atoms with van der Waals surface area (Å²) >= 11 is 5.92. The molecule has 29 heavy (non-hydrogen) atoms. The van der Waals surface area contributed by atoms with Crippen LogP contribution < -0.4 is 118 Å². The van der Waals surface area contributed by atoms with Crippen LogP contribution in [0.4, 0.5) is 11.4 Å². The minimum absolute atomic E-state index is 0. The smallest absolute Gasteiger partial charge is 0.744 e. The van der Waals surface area contributed by atoms with E-state index in [-0.39, 0.29) is 115 Å². The number of methoxy groups -OCH3 is 1. The number of carboxylic acids is 1. The molecule has 0 unspecified atom stereocenters. The number of ether oxygens (including phenoxy) is 1. The van der Waals surface area contributed by atoms with Gasteiger partial charge in [-0.05, 0) is 43.3 Å². The van der Waals surface area contributed by atoms with Crippen molar-refractivity contribution in [2.45, 2.75) is 11.8 Å². The molecule has 144 valence electrons. The molecule has 2 aromatic carbocycles. The summed E-state index contributed by atoms with van der Waals surface area (Å²) in [7, 11) is -3.38. The Balaban J connectivity index is 0.00000392. The topological polar surface area (TPSA) is 135 Å². The van der Waals surface area contributed by atoms with Crippen LogP contribution in [0.1, 0.15) is 17.3 Å². The van der Waals surface area contributed by atoms with Gasteiger partial charge in [-0.25, -0.2) is 13.4 Å². The average molecular weight is 490 g/mol. The summed E-state index contributed by atoms with van der Waals surface area (Å²) in [5.74, 6) is -1.27. The minimum Gasteiger partial charge on any atom is -0.744 e. The van der Waals surface area contributed by atoms with Gasteiger partial charge in [0.25, 0.3) is 0 Å². The summed E-state index contributed by atoms with van der Waals surface area (Å²) in [6.07, 6.45) is 0. The molecule has 0 N–H and O–H groups in total. The zero-order valence-electron chi connectivity index (χ0n) is 16.2. The maximum Gasteiger partial charge on any atom is 1.00 e. The van der Waals surface area contributed by atoms with Crippen molar-refractivity contribution in [1.29, 1.82) is 0 Å². The zero-order chi connectivity index (χ0) is 20.2. The van der Waals surface area contributed by atoms with E-state index in [1.807, 2.05) is 0 Å². The van der Waals surface area contributed by atoms with Crippen molar-refractivity contribution in [2.24, 2.45) is 10.3 Å². The van der Waals surface area contributed by atoms with E-state index in [9.17, 15) is 22.9 Å². The van der Waals surface area contributed by atoms with Gasteiger partial charge in [0.2, 0.25) is 0 Å². The number of nitrogens with zero attached hydrogens (tertiary/aromatic N) is 3. The molecule has 0 spiro atoms. The van der Waals surface area contributed by atoms with Crippen molar-refractivity contribution in [3.05, 3.63) is 47.0 Å². The van der Waals surface area contributed by atoms with Gasteiger partial charge in [-0.15, -0.1) is 5.11 Å². The van der Waals surface area contributed by atoms with Crippen LogP contribution in [-0.2, 0) is 10.1 Å². The fourth-order valence-corrected chi connectivity index (χ4v) is 2.85. The van der Waals surface area contributed by atoms with Gasteiger partial charge in [0, 0.05) is 17.1 Å². The number of carboxylic acid groups (broad SMARTS) is 1. The Kier molecular flexibility index (Phi) is 13.5. The summed E-state index contributed by atoms with van der Waals surface area (Å²) < 4.78 is 38.5. The van der Waals surface area contributed by atoms with Crippen LogP contribution in [0, 0.1) is 0 Å². The molecule has 0 fully saturated rings. The van der Waals surface area contributed by atoms with E-state index < -0.39 is 26.5 Å². The molecule has 0 saturated carbocycles. The normalized spacial score (nSPS) is 10.8. The van der Waals surface area contributed by atoms with Gasteiger partial charge in [-0.1, -0.05) is 16.8 Å². The standard InChI is InChI=1S/C16H16ClN3O6S.2K/c1-3-20(19-18-13-8-10(17)4-7-15(13)26-2)14-6-5-11(27(23,24)25)9-12(14)16(21)22;;/h4-9H,3H2,1-2H3,(H,21,22)(H,23,24,25);;/q;2*+1/p-2.